The van der Waals surface area contributed by atoms with Gasteiger partial charge in [-0.05, 0) is 18.9 Å². The Labute approximate surface area is 158 Å². The van der Waals surface area contributed by atoms with E-state index in [9.17, 15) is 9.59 Å². The fourth-order valence-electron chi connectivity index (χ4n) is 2.78. The van der Waals surface area contributed by atoms with Gasteiger partial charge in [0.15, 0.2) is 10.9 Å². The van der Waals surface area contributed by atoms with Crippen LogP contribution < -0.4 is 4.90 Å². The standard InChI is InChI=1S/C18H17N3O2S.C2H5/c1-12-11-24-17(19-12)21-9-8-20(18(21)23)10-13-2-4-14(5-3-13)16(22)15-6-7-15;1-2/h2-6,11H,7-10H2,1H3;1H2,2H3. The van der Waals surface area contributed by atoms with Crippen LogP contribution in [0.2, 0.25) is 0 Å². The summed E-state index contributed by atoms with van der Waals surface area (Å²) in [6.07, 6.45) is 2.75. The van der Waals surface area contributed by atoms with Crippen molar-refractivity contribution in [2.24, 2.45) is 0 Å². The van der Waals surface area contributed by atoms with Gasteiger partial charge in [0.1, 0.15) is 0 Å². The van der Waals surface area contributed by atoms with E-state index >= 15 is 0 Å². The SMILES string of the molecule is Cc1csc(N2CCN(Cc3ccc(C(=O)C4=CC4)cc3)C2=O)n1.[CH2]C. The van der Waals surface area contributed by atoms with Gasteiger partial charge in [-0.1, -0.05) is 44.2 Å². The highest BCUT2D eigenvalue weighted by Crippen LogP contribution is 2.26. The summed E-state index contributed by atoms with van der Waals surface area (Å²) in [7, 11) is 0. The van der Waals surface area contributed by atoms with Crippen LogP contribution in [0.25, 0.3) is 0 Å². The molecule has 6 heteroatoms. The average molecular weight is 368 g/mol. The predicted molar refractivity (Wildman–Crippen MR) is 105 cm³/mol. The maximum absolute atomic E-state index is 12.5. The number of aromatic nitrogens is 1. The number of anilines is 1. The number of allylic oxidation sites excluding steroid dienone is 2. The summed E-state index contributed by atoms with van der Waals surface area (Å²) in [6, 6.07) is 7.55. The first-order chi connectivity index (χ1) is 12.6. The van der Waals surface area contributed by atoms with Gasteiger partial charge in [0.25, 0.3) is 0 Å². The first kappa shape index (κ1) is 18.3. The molecular weight excluding hydrogens is 346 g/mol. The van der Waals surface area contributed by atoms with Gasteiger partial charge >= 0.3 is 6.03 Å². The van der Waals surface area contributed by atoms with E-state index in [2.05, 4.69) is 11.9 Å². The Morgan fingerprint density at radius 2 is 1.92 bits per heavy atom. The zero-order valence-corrected chi connectivity index (χ0v) is 15.9. The number of carbonyl (C=O) groups excluding carboxylic acids is 2. The molecule has 1 aliphatic carbocycles. The van der Waals surface area contributed by atoms with Crippen molar-refractivity contribution in [1.82, 2.24) is 9.88 Å². The quantitative estimate of drug-likeness (QED) is 0.742. The average Bonchev–Trinajstić information content (AvgIpc) is 3.34. The molecule has 0 N–H and O–H groups in total. The van der Waals surface area contributed by atoms with Crippen LogP contribution in [0.3, 0.4) is 0 Å². The molecule has 2 heterocycles. The summed E-state index contributed by atoms with van der Waals surface area (Å²) in [6.45, 7) is 8.83. The van der Waals surface area contributed by atoms with Gasteiger partial charge in [0, 0.05) is 36.2 Å². The number of benzene rings is 1. The van der Waals surface area contributed by atoms with E-state index in [0.29, 0.717) is 19.6 Å². The highest BCUT2D eigenvalue weighted by atomic mass is 32.1. The van der Waals surface area contributed by atoms with Gasteiger partial charge < -0.3 is 4.90 Å². The molecule has 0 spiro atoms. The van der Waals surface area contributed by atoms with E-state index in [1.807, 2.05) is 47.5 Å². The first-order valence-electron chi connectivity index (χ1n) is 8.64. The smallest absolute Gasteiger partial charge is 0.318 e. The molecule has 1 fully saturated rings. The number of thiazole rings is 1. The first-order valence-corrected chi connectivity index (χ1v) is 9.52. The van der Waals surface area contributed by atoms with E-state index in [1.54, 1.807) is 11.8 Å². The largest absolute Gasteiger partial charge is 0.326 e. The number of amides is 2. The van der Waals surface area contributed by atoms with Gasteiger partial charge in [-0.3, -0.25) is 9.69 Å². The monoisotopic (exact) mass is 368 g/mol. The number of Topliss-reactive ketones (excluding diaryl/α,β-unsaturated/α-hetero) is 1. The molecule has 1 radical (unpaired) electrons. The zero-order chi connectivity index (χ0) is 18.7. The number of aryl methyl sites for hydroxylation is 1. The van der Waals surface area contributed by atoms with Crippen LogP contribution in [0.5, 0.6) is 0 Å². The molecule has 26 heavy (non-hydrogen) atoms. The topological polar surface area (TPSA) is 53.5 Å². The van der Waals surface area contributed by atoms with Crippen LogP contribution >= 0.6 is 11.3 Å². The van der Waals surface area contributed by atoms with Crippen molar-refractivity contribution in [3.05, 3.63) is 65.0 Å². The molecule has 0 unspecified atom stereocenters. The highest BCUT2D eigenvalue weighted by molar-refractivity contribution is 7.14. The van der Waals surface area contributed by atoms with Gasteiger partial charge in [-0.2, -0.15) is 0 Å². The van der Waals surface area contributed by atoms with Gasteiger partial charge in [0.2, 0.25) is 0 Å². The Balaban J connectivity index is 0.000000948. The minimum Gasteiger partial charge on any atom is -0.318 e. The Hall–Kier alpha value is -2.47. The van der Waals surface area contributed by atoms with Crippen LogP contribution in [0.15, 0.2) is 41.3 Å². The van der Waals surface area contributed by atoms with Crippen LogP contribution in [0.4, 0.5) is 9.93 Å². The molecule has 0 bridgehead atoms. The van der Waals surface area contributed by atoms with E-state index in [0.717, 1.165) is 33.9 Å². The number of hydrogen-bond donors (Lipinski definition) is 0. The zero-order valence-electron chi connectivity index (χ0n) is 15.1. The van der Waals surface area contributed by atoms with E-state index in [-0.39, 0.29) is 11.8 Å². The fraction of sp³-hybridized carbons (Fsp3) is 0.300. The van der Waals surface area contributed by atoms with Crippen LogP contribution in [0.1, 0.15) is 35.0 Å². The minimum atomic E-state index is -0.00682. The number of carbonyl (C=O) groups is 2. The molecule has 1 aromatic carbocycles. The van der Waals surface area contributed by atoms with Crippen LogP contribution in [-0.2, 0) is 6.54 Å². The molecule has 135 valence electrons. The van der Waals surface area contributed by atoms with E-state index in [4.69, 9.17) is 0 Å². The lowest BCUT2D eigenvalue weighted by atomic mass is 10.1. The van der Waals surface area contributed by atoms with Gasteiger partial charge in [-0.25, -0.2) is 9.78 Å². The maximum Gasteiger partial charge on any atom is 0.326 e. The number of urea groups is 1. The van der Waals surface area contributed by atoms with Crippen molar-refractivity contribution < 1.29 is 9.59 Å². The van der Waals surface area contributed by atoms with Crippen molar-refractivity contribution in [2.45, 2.75) is 26.8 Å². The fourth-order valence-corrected chi connectivity index (χ4v) is 3.60. The second-order valence-electron chi connectivity index (χ2n) is 6.09. The van der Waals surface area contributed by atoms with Gasteiger partial charge in [0.05, 0.1) is 5.69 Å². The third kappa shape index (κ3) is 3.85. The predicted octanol–water partition coefficient (Wildman–Crippen LogP) is 4.25. The normalized spacial score (nSPS) is 15.5. The van der Waals surface area contributed by atoms with Crippen LogP contribution in [0, 0.1) is 13.8 Å². The Bertz CT molecular complexity index is 839. The maximum atomic E-state index is 12.5. The minimum absolute atomic E-state index is 0.00682. The number of hydrogen-bond acceptors (Lipinski definition) is 4. The number of rotatable bonds is 5. The lowest BCUT2D eigenvalue weighted by Crippen LogP contribution is -2.31. The third-order valence-corrected chi connectivity index (χ3v) is 5.20. The number of nitrogens with zero attached hydrogens (tertiary/aromatic N) is 3. The molecule has 2 aliphatic rings. The highest BCUT2D eigenvalue weighted by Gasteiger charge is 2.31. The molecular formula is C20H22N3O2S. The Morgan fingerprint density at radius 3 is 2.50 bits per heavy atom. The number of ketones is 1. The molecule has 1 aromatic heterocycles. The molecule has 5 nitrogen and oxygen atoms in total. The molecule has 0 atom stereocenters. The lowest BCUT2D eigenvalue weighted by molar-refractivity contribution is 0.103. The summed E-state index contributed by atoms with van der Waals surface area (Å²) in [5.74, 6) is 0.115. The summed E-state index contributed by atoms with van der Waals surface area (Å²) < 4.78 is 0. The second-order valence-corrected chi connectivity index (χ2v) is 6.92. The summed E-state index contributed by atoms with van der Waals surface area (Å²) >= 11 is 1.50. The van der Waals surface area contributed by atoms with E-state index in [1.165, 1.54) is 11.3 Å². The summed E-state index contributed by atoms with van der Waals surface area (Å²) in [4.78, 5) is 32.5. The van der Waals surface area contributed by atoms with E-state index < -0.39 is 0 Å². The molecule has 1 saturated heterocycles. The lowest BCUT2D eigenvalue weighted by Gasteiger charge is -2.17. The second kappa shape index (κ2) is 7.83. The molecule has 1 aliphatic heterocycles. The molecule has 2 aromatic rings. The molecule has 2 amide bonds. The van der Waals surface area contributed by atoms with Crippen molar-refractivity contribution in [3.63, 3.8) is 0 Å². The van der Waals surface area contributed by atoms with Crippen molar-refractivity contribution >= 4 is 28.3 Å². The third-order valence-electron chi connectivity index (χ3n) is 4.22. The van der Waals surface area contributed by atoms with Crippen molar-refractivity contribution in [1.29, 1.82) is 0 Å². The summed E-state index contributed by atoms with van der Waals surface area (Å²) in [5.41, 5.74) is 3.58. The van der Waals surface area contributed by atoms with Crippen LogP contribution in [-0.4, -0.2) is 34.8 Å². The Morgan fingerprint density at radius 1 is 1.23 bits per heavy atom. The Kier molecular flexibility index (Phi) is 5.52. The molecule has 4 rings (SSSR count). The van der Waals surface area contributed by atoms with Crippen molar-refractivity contribution in [3.8, 4) is 0 Å². The van der Waals surface area contributed by atoms with Gasteiger partial charge in [-0.15, -0.1) is 11.3 Å². The summed E-state index contributed by atoms with van der Waals surface area (Å²) in [5, 5.41) is 2.72. The molecule has 0 saturated carbocycles. The van der Waals surface area contributed by atoms with Crippen molar-refractivity contribution in [2.75, 3.05) is 18.0 Å².